The second kappa shape index (κ2) is 3.76. The minimum atomic E-state index is 0.183. The van der Waals surface area contributed by atoms with Gasteiger partial charge in [-0.25, -0.2) is 0 Å². The summed E-state index contributed by atoms with van der Waals surface area (Å²) in [6, 6.07) is 5.70. The van der Waals surface area contributed by atoms with Gasteiger partial charge >= 0.3 is 0 Å². The number of rotatable bonds is 2. The zero-order chi connectivity index (χ0) is 12.0. The summed E-state index contributed by atoms with van der Waals surface area (Å²) in [5, 5.41) is 2.98. The van der Waals surface area contributed by atoms with Crippen LogP contribution in [0.1, 0.15) is 24.8 Å². The van der Waals surface area contributed by atoms with Crippen LogP contribution in [0.4, 0.5) is 11.4 Å². The molecule has 3 N–H and O–H groups in total. The van der Waals surface area contributed by atoms with Crippen LogP contribution in [0.15, 0.2) is 18.2 Å². The molecule has 90 valence electrons. The average molecular weight is 230 g/mol. The van der Waals surface area contributed by atoms with Gasteiger partial charge in [0.15, 0.2) is 0 Å². The minimum Gasteiger partial charge on any atom is -0.398 e. The van der Waals surface area contributed by atoms with Crippen molar-refractivity contribution in [1.29, 1.82) is 0 Å². The Morgan fingerprint density at radius 2 is 2.06 bits per heavy atom. The Morgan fingerprint density at radius 3 is 2.71 bits per heavy atom. The predicted octanol–water partition coefficient (Wildman–Crippen LogP) is 2.56. The molecule has 0 heterocycles. The molecule has 17 heavy (non-hydrogen) atoms. The maximum Gasteiger partial charge on any atom is 0.228 e. The van der Waals surface area contributed by atoms with Crippen molar-refractivity contribution in [3.05, 3.63) is 23.8 Å². The largest absolute Gasteiger partial charge is 0.398 e. The Morgan fingerprint density at radius 1 is 1.35 bits per heavy atom. The van der Waals surface area contributed by atoms with Gasteiger partial charge < -0.3 is 11.1 Å². The fourth-order valence-electron chi connectivity index (χ4n) is 3.15. The SMILES string of the molecule is Cc1ccc(NC(=O)C2C3CCCC32)cc1N. The van der Waals surface area contributed by atoms with E-state index in [0.29, 0.717) is 11.8 Å². The highest BCUT2D eigenvalue weighted by Crippen LogP contribution is 2.57. The van der Waals surface area contributed by atoms with Crippen LogP contribution >= 0.6 is 0 Å². The third-order valence-electron chi connectivity index (χ3n) is 4.26. The molecule has 2 aliphatic carbocycles. The Hall–Kier alpha value is -1.51. The molecule has 2 aliphatic rings. The molecular weight excluding hydrogens is 212 g/mol. The zero-order valence-electron chi connectivity index (χ0n) is 10.1. The molecular formula is C14H18N2O. The minimum absolute atomic E-state index is 0.183. The van der Waals surface area contributed by atoms with Crippen LogP contribution in [-0.4, -0.2) is 5.91 Å². The Balaban J connectivity index is 1.67. The number of amides is 1. The van der Waals surface area contributed by atoms with Crippen LogP contribution in [0.25, 0.3) is 0 Å². The van der Waals surface area contributed by atoms with E-state index in [9.17, 15) is 4.79 Å². The summed E-state index contributed by atoms with van der Waals surface area (Å²) in [6.45, 7) is 1.96. The van der Waals surface area contributed by atoms with Crippen LogP contribution in [0.3, 0.4) is 0 Å². The number of nitrogen functional groups attached to an aromatic ring is 1. The number of hydrogen-bond donors (Lipinski definition) is 2. The van der Waals surface area contributed by atoms with Crippen molar-refractivity contribution in [1.82, 2.24) is 0 Å². The van der Waals surface area contributed by atoms with Crippen molar-refractivity contribution in [2.75, 3.05) is 11.1 Å². The van der Waals surface area contributed by atoms with Gasteiger partial charge in [0.1, 0.15) is 0 Å². The van der Waals surface area contributed by atoms with Gasteiger partial charge in [0.2, 0.25) is 5.91 Å². The Kier molecular flexibility index (Phi) is 2.35. The van der Waals surface area contributed by atoms with Crippen molar-refractivity contribution >= 4 is 17.3 Å². The second-order valence-electron chi connectivity index (χ2n) is 5.35. The van der Waals surface area contributed by atoms with Gasteiger partial charge in [-0.05, 0) is 49.3 Å². The zero-order valence-corrected chi connectivity index (χ0v) is 10.1. The monoisotopic (exact) mass is 230 g/mol. The number of hydrogen-bond acceptors (Lipinski definition) is 2. The van der Waals surface area contributed by atoms with Gasteiger partial charge in [-0.1, -0.05) is 12.5 Å². The number of anilines is 2. The molecule has 0 aromatic heterocycles. The summed E-state index contributed by atoms with van der Waals surface area (Å²) in [5.74, 6) is 1.78. The molecule has 3 heteroatoms. The predicted molar refractivity (Wildman–Crippen MR) is 68.5 cm³/mol. The first-order valence-electron chi connectivity index (χ1n) is 6.34. The average Bonchev–Trinajstić information content (AvgIpc) is 2.78. The molecule has 0 spiro atoms. The van der Waals surface area contributed by atoms with Crippen LogP contribution in [0.2, 0.25) is 0 Å². The number of carbonyl (C=O) groups is 1. The van der Waals surface area contributed by atoms with Crippen LogP contribution in [-0.2, 0) is 4.79 Å². The summed E-state index contributed by atoms with van der Waals surface area (Å²) < 4.78 is 0. The first kappa shape index (κ1) is 10.6. The molecule has 1 aromatic rings. The summed E-state index contributed by atoms with van der Waals surface area (Å²) in [5.41, 5.74) is 8.43. The molecule has 2 saturated carbocycles. The van der Waals surface area contributed by atoms with E-state index in [1.807, 2.05) is 25.1 Å². The third-order valence-corrected chi connectivity index (χ3v) is 4.26. The number of benzene rings is 1. The normalized spacial score (nSPS) is 29.8. The quantitative estimate of drug-likeness (QED) is 0.767. The maximum absolute atomic E-state index is 12.0. The van der Waals surface area contributed by atoms with Gasteiger partial charge in [-0.3, -0.25) is 4.79 Å². The molecule has 3 nitrogen and oxygen atoms in total. The Bertz CT molecular complexity index is 459. The second-order valence-corrected chi connectivity index (χ2v) is 5.35. The lowest BCUT2D eigenvalue weighted by Gasteiger charge is -2.08. The fourth-order valence-corrected chi connectivity index (χ4v) is 3.15. The molecule has 3 rings (SSSR count). The highest BCUT2D eigenvalue weighted by atomic mass is 16.2. The standard InChI is InChI=1S/C14H18N2O/c1-8-5-6-9(7-12(8)15)16-14(17)13-10-3-2-4-11(10)13/h5-7,10-11,13H,2-4,15H2,1H3,(H,16,17). The van der Waals surface area contributed by atoms with Crippen molar-refractivity contribution in [3.63, 3.8) is 0 Å². The first-order valence-corrected chi connectivity index (χ1v) is 6.34. The number of fused-ring (bicyclic) bond motifs is 1. The molecule has 2 atom stereocenters. The molecule has 1 amide bonds. The van der Waals surface area contributed by atoms with Crippen LogP contribution < -0.4 is 11.1 Å². The molecule has 2 unspecified atom stereocenters. The maximum atomic E-state index is 12.0. The lowest BCUT2D eigenvalue weighted by atomic mass is 10.1. The molecule has 0 saturated heterocycles. The van der Waals surface area contributed by atoms with E-state index >= 15 is 0 Å². The summed E-state index contributed by atoms with van der Waals surface area (Å²) in [7, 11) is 0. The van der Waals surface area contributed by atoms with Crippen molar-refractivity contribution in [2.24, 2.45) is 17.8 Å². The summed E-state index contributed by atoms with van der Waals surface area (Å²) >= 11 is 0. The molecule has 2 fully saturated rings. The molecule has 0 aliphatic heterocycles. The van der Waals surface area contributed by atoms with Crippen molar-refractivity contribution < 1.29 is 4.79 Å². The number of aryl methyl sites for hydroxylation is 1. The van der Waals surface area contributed by atoms with E-state index in [1.165, 1.54) is 19.3 Å². The van der Waals surface area contributed by atoms with Gasteiger partial charge in [-0.15, -0.1) is 0 Å². The van der Waals surface area contributed by atoms with E-state index in [1.54, 1.807) is 0 Å². The van der Waals surface area contributed by atoms with Gasteiger partial charge in [0.05, 0.1) is 0 Å². The summed E-state index contributed by atoms with van der Waals surface area (Å²) in [6.07, 6.45) is 3.77. The summed E-state index contributed by atoms with van der Waals surface area (Å²) in [4.78, 5) is 12.0. The van der Waals surface area contributed by atoms with Crippen LogP contribution in [0, 0.1) is 24.7 Å². The number of nitrogens with two attached hydrogens (primary N) is 1. The van der Waals surface area contributed by atoms with Crippen molar-refractivity contribution in [3.8, 4) is 0 Å². The number of nitrogens with one attached hydrogen (secondary N) is 1. The van der Waals surface area contributed by atoms with Crippen molar-refractivity contribution in [2.45, 2.75) is 26.2 Å². The topological polar surface area (TPSA) is 55.1 Å². The molecule has 0 radical (unpaired) electrons. The lowest BCUT2D eigenvalue weighted by molar-refractivity contribution is -0.118. The molecule has 0 bridgehead atoms. The van der Waals surface area contributed by atoms with Gasteiger partial charge in [-0.2, -0.15) is 0 Å². The smallest absolute Gasteiger partial charge is 0.228 e. The highest BCUT2D eigenvalue weighted by molar-refractivity contribution is 5.95. The van der Waals surface area contributed by atoms with E-state index < -0.39 is 0 Å². The van der Waals surface area contributed by atoms with Crippen LogP contribution in [0.5, 0.6) is 0 Å². The first-order chi connectivity index (χ1) is 8.16. The van der Waals surface area contributed by atoms with Gasteiger partial charge in [0, 0.05) is 17.3 Å². The Labute approximate surface area is 101 Å². The van der Waals surface area contributed by atoms with E-state index in [-0.39, 0.29) is 11.8 Å². The fraction of sp³-hybridized carbons (Fsp3) is 0.500. The van der Waals surface area contributed by atoms with E-state index in [4.69, 9.17) is 5.73 Å². The third kappa shape index (κ3) is 1.79. The van der Waals surface area contributed by atoms with E-state index in [2.05, 4.69) is 5.32 Å². The lowest BCUT2D eigenvalue weighted by Crippen LogP contribution is -2.16. The number of carbonyl (C=O) groups excluding carboxylic acids is 1. The van der Waals surface area contributed by atoms with E-state index in [0.717, 1.165) is 16.9 Å². The van der Waals surface area contributed by atoms with Gasteiger partial charge in [0.25, 0.3) is 0 Å². The highest BCUT2D eigenvalue weighted by Gasteiger charge is 2.56. The molecule has 1 aromatic carbocycles.